The molecule has 2 aliphatic carbocycles. The van der Waals surface area contributed by atoms with E-state index in [1.165, 1.54) is 6.33 Å². The van der Waals surface area contributed by atoms with Crippen LogP contribution in [0.25, 0.3) is 16.7 Å². The molecule has 0 amide bonds. The number of benzene rings is 1. The zero-order valence-electron chi connectivity index (χ0n) is 18.2. The van der Waals surface area contributed by atoms with Crippen LogP contribution in [0, 0.1) is 22.7 Å². The van der Waals surface area contributed by atoms with Crippen molar-refractivity contribution in [2.45, 2.75) is 50.3 Å². The maximum Gasteiger partial charge on any atom is 0.159 e. The maximum absolute atomic E-state index is 14.6. The van der Waals surface area contributed by atoms with Gasteiger partial charge >= 0.3 is 0 Å². The number of rotatable bonds is 4. The normalized spacial score (nSPS) is 28.3. The average molecular weight is 433 g/mol. The number of hydrogen-bond acceptors (Lipinski definition) is 6. The van der Waals surface area contributed by atoms with Crippen LogP contribution in [0.5, 0.6) is 0 Å². The molecule has 1 N–H and O–H groups in total. The second kappa shape index (κ2) is 6.26. The number of nitriles is 1. The van der Waals surface area contributed by atoms with Crippen molar-refractivity contribution < 1.29 is 9.50 Å². The summed E-state index contributed by atoms with van der Waals surface area (Å²) in [5.41, 5.74) is 0.664. The van der Waals surface area contributed by atoms with Crippen molar-refractivity contribution in [1.29, 1.82) is 5.26 Å². The number of fused-ring (bicyclic) bond motifs is 1. The first kappa shape index (κ1) is 19.6. The molecule has 1 aliphatic heterocycles. The Hall–Kier alpha value is -3.05. The molecule has 1 aromatic carbocycles. The Morgan fingerprint density at radius 2 is 1.97 bits per heavy atom. The van der Waals surface area contributed by atoms with E-state index in [0.717, 1.165) is 35.7 Å². The van der Waals surface area contributed by atoms with E-state index in [1.807, 2.05) is 11.0 Å². The number of anilines is 1. The molecule has 3 aromatic rings. The van der Waals surface area contributed by atoms with Crippen LogP contribution in [-0.2, 0) is 5.41 Å². The van der Waals surface area contributed by atoms with Crippen LogP contribution in [0.2, 0.25) is 0 Å². The fourth-order valence-electron chi connectivity index (χ4n) is 5.56. The Morgan fingerprint density at radius 3 is 2.62 bits per heavy atom. The van der Waals surface area contributed by atoms with Crippen LogP contribution in [0.1, 0.15) is 38.7 Å². The predicted octanol–water partition coefficient (Wildman–Crippen LogP) is 3.31. The topological polar surface area (TPSA) is 90.9 Å². The van der Waals surface area contributed by atoms with E-state index < -0.39 is 17.7 Å². The van der Waals surface area contributed by atoms with Gasteiger partial charge in [0.05, 0.1) is 35.3 Å². The van der Waals surface area contributed by atoms with Gasteiger partial charge in [-0.15, -0.1) is 0 Å². The fraction of sp³-hybridized carbons (Fsp3) is 0.500. The minimum Gasteiger partial charge on any atom is -0.390 e. The molecule has 7 nitrogen and oxygen atoms in total. The highest BCUT2D eigenvalue weighted by Gasteiger charge is 2.75. The molecular formula is C24H25FN6O. The predicted molar refractivity (Wildman–Crippen MR) is 117 cm³/mol. The molecule has 3 heterocycles. The van der Waals surface area contributed by atoms with E-state index in [2.05, 4.69) is 33.3 Å². The van der Waals surface area contributed by atoms with Crippen molar-refractivity contribution in [3.8, 4) is 11.9 Å². The van der Waals surface area contributed by atoms with Crippen molar-refractivity contribution >= 4 is 16.7 Å². The van der Waals surface area contributed by atoms with E-state index >= 15 is 0 Å². The third-order valence-electron chi connectivity index (χ3n) is 7.83. The molecular weight excluding hydrogens is 407 g/mol. The van der Waals surface area contributed by atoms with Crippen molar-refractivity contribution in [1.82, 2.24) is 19.7 Å². The first-order valence-corrected chi connectivity index (χ1v) is 11.1. The number of nitrogens with zero attached hydrogens (tertiary/aromatic N) is 6. The van der Waals surface area contributed by atoms with Crippen LogP contribution in [0.15, 0.2) is 36.8 Å². The second-order valence-electron chi connectivity index (χ2n) is 10.2. The van der Waals surface area contributed by atoms with Gasteiger partial charge in [-0.25, -0.2) is 19.0 Å². The molecule has 32 heavy (non-hydrogen) atoms. The van der Waals surface area contributed by atoms with Crippen LogP contribution in [-0.4, -0.2) is 49.7 Å². The summed E-state index contributed by atoms with van der Waals surface area (Å²) in [6.07, 6.45) is 5.32. The molecule has 3 atom stereocenters. The quantitative estimate of drug-likeness (QED) is 0.680. The lowest BCUT2D eigenvalue weighted by molar-refractivity contribution is -0.000243. The zero-order chi connectivity index (χ0) is 22.3. The Labute approximate surface area is 185 Å². The number of aromatic nitrogens is 4. The zero-order valence-corrected chi connectivity index (χ0v) is 18.2. The summed E-state index contributed by atoms with van der Waals surface area (Å²) >= 11 is 0. The summed E-state index contributed by atoms with van der Waals surface area (Å²) < 4.78 is 16.3. The number of hydrogen-bond donors (Lipinski definition) is 1. The lowest BCUT2D eigenvalue weighted by atomic mass is 9.89. The molecule has 1 spiro atoms. The van der Waals surface area contributed by atoms with Crippen LogP contribution in [0.3, 0.4) is 0 Å². The van der Waals surface area contributed by atoms with Gasteiger partial charge in [-0.3, -0.25) is 0 Å². The van der Waals surface area contributed by atoms with Gasteiger partial charge in [-0.1, -0.05) is 12.1 Å². The summed E-state index contributed by atoms with van der Waals surface area (Å²) in [7, 11) is 0. The lowest BCUT2D eigenvalue weighted by Gasteiger charge is -2.26. The summed E-state index contributed by atoms with van der Waals surface area (Å²) in [5.74, 6) is 0.716. The Morgan fingerprint density at radius 1 is 1.19 bits per heavy atom. The molecule has 2 saturated carbocycles. The Kier molecular flexibility index (Phi) is 3.84. The number of alkyl halides is 1. The van der Waals surface area contributed by atoms with E-state index in [0.29, 0.717) is 18.2 Å². The van der Waals surface area contributed by atoms with Crippen molar-refractivity contribution in [3.63, 3.8) is 0 Å². The minimum absolute atomic E-state index is 0.182. The first-order chi connectivity index (χ1) is 15.3. The molecule has 6 rings (SSSR count). The maximum atomic E-state index is 14.6. The summed E-state index contributed by atoms with van der Waals surface area (Å²) in [6.45, 7) is 3.86. The largest absolute Gasteiger partial charge is 0.390 e. The summed E-state index contributed by atoms with van der Waals surface area (Å²) in [4.78, 5) is 10.6. The Bertz CT molecular complexity index is 1270. The second-order valence-corrected chi connectivity index (χ2v) is 10.2. The Balaban J connectivity index is 1.36. The highest BCUT2D eigenvalue weighted by atomic mass is 19.1. The molecule has 164 valence electrons. The van der Waals surface area contributed by atoms with E-state index in [9.17, 15) is 14.8 Å². The van der Waals surface area contributed by atoms with Crippen LogP contribution >= 0.6 is 0 Å². The SMILES string of the molecule is CC(C)(O)[C@H]1CN(c2cc(-n3ncc4ccc([C@]5(C#N)CC56CC6)cc43)ncn2)C[C@H]1F. The van der Waals surface area contributed by atoms with Gasteiger partial charge in [0.2, 0.25) is 0 Å². The highest BCUT2D eigenvalue weighted by molar-refractivity contribution is 5.82. The highest BCUT2D eigenvalue weighted by Crippen LogP contribution is 2.78. The summed E-state index contributed by atoms with van der Waals surface area (Å²) in [5, 5.41) is 25.7. The fourth-order valence-corrected chi connectivity index (χ4v) is 5.56. The van der Waals surface area contributed by atoms with Gasteiger partial charge in [-0.05, 0) is 50.2 Å². The van der Waals surface area contributed by atoms with E-state index in [1.54, 1.807) is 30.8 Å². The van der Waals surface area contributed by atoms with E-state index in [4.69, 9.17) is 0 Å². The molecule has 8 heteroatoms. The van der Waals surface area contributed by atoms with Gasteiger partial charge in [0.1, 0.15) is 18.3 Å². The third kappa shape index (κ3) is 2.70. The third-order valence-corrected chi connectivity index (χ3v) is 7.83. The summed E-state index contributed by atoms with van der Waals surface area (Å²) in [6, 6.07) is 10.5. The van der Waals surface area contributed by atoms with Crippen molar-refractivity contribution in [2.24, 2.45) is 11.3 Å². The monoisotopic (exact) mass is 432 g/mol. The van der Waals surface area contributed by atoms with Gasteiger partial charge in [0.25, 0.3) is 0 Å². The molecule has 3 aliphatic rings. The number of aliphatic hydroxyl groups is 1. The van der Waals surface area contributed by atoms with Crippen molar-refractivity contribution in [3.05, 3.63) is 42.4 Å². The smallest absolute Gasteiger partial charge is 0.159 e. The van der Waals surface area contributed by atoms with Gasteiger partial charge in [0, 0.05) is 23.9 Å². The molecule has 0 radical (unpaired) electrons. The van der Waals surface area contributed by atoms with Crippen molar-refractivity contribution in [2.75, 3.05) is 18.0 Å². The molecule has 0 unspecified atom stereocenters. The average Bonchev–Trinajstić information content (AvgIpc) is 3.57. The number of halogens is 1. The molecule has 1 saturated heterocycles. The van der Waals surface area contributed by atoms with Crippen LogP contribution < -0.4 is 4.90 Å². The van der Waals surface area contributed by atoms with E-state index in [-0.39, 0.29) is 17.4 Å². The lowest BCUT2D eigenvalue weighted by Crippen LogP contribution is -2.37. The molecule has 3 fully saturated rings. The molecule has 0 bridgehead atoms. The molecule has 2 aromatic heterocycles. The van der Waals surface area contributed by atoms with Crippen LogP contribution in [0.4, 0.5) is 10.2 Å². The van der Waals surface area contributed by atoms with Gasteiger partial charge in [0.15, 0.2) is 5.82 Å². The minimum atomic E-state index is -1.13. The van der Waals surface area contributed by atoms with Gasteiger partial charge < -0.3 is 10.0 Å². The van der Waals surface area contributed by atoms with Gasteiger partial charge in [-0.2, -0.15) is 10.4 Å². The first-order valence-electron chi connectivity index (χ1n) is 11.1. The standard InChI is InChI=1S/C24H25FN6O/c1-22(2,32)17-10-30(11-18(17)25)20-8-21(28-14-27-20)31-19-7-16(4-3-15(19)9-29-31)24(13-26)12-23(24)5-6-23/h3-4,7-9,14,17-18,32H,5-6,10-12H2,1-2H3/t17-,18+,24+/m0/s1.